The van der Waals surface area contributed by atoms with Crippen LogP contribution in [0.2, 0.25) is 5.02 Å². The molecule has 0 bridgehead atoms. The SMILES string of the molecule is Cc1c(N)cccc1-c1noc(-c2ccc(COc3ccc(Cl)cc3)o2)n1. The molecule has 2 heterocycles. The largest absolute Gasteiger partial charge is 0.486 e. The molecule has 0 aliphatic heterocycles. The maximum absolute atomic E-state index is 5.94. The quantitative estimate of drug-likeness (QED) is 0.483. The zero-order valence-electron chi connectivity index (χ0n) is 14.5. The summed E-state index contributed by atoms with van der Waals surface area (Å²) < 4.78 is 16.8. The lowest BCUT2D eigenvalue weighted by Gasteiger charge is -2.03. The summed E-state index contributed by atoms with van der Waals surface area (Å²) in [5.74, 6) is 2.58. The minimum Gasteiger partial charge on any atom is -0.486 e. The summed E-state index contributed by atoms with van der Waals surface area (Å²) in [4.78, 5) is 4.41. The fourth-order valence-corrected chi connectivity index (χ4v) is 2.71. The van der Waals surface area contributed by atoms with Crippen LogP contribution in [0.4, 0.5) is 5.69 Å². The first-order chi connectivity index (χ1) is 13.1. The fraction of sp³-hybridized carbons (Fsp3) is 0.100. The Balaban J connectivity index is 1.49. The van der Waals surface area contributed by atoms with Crippen molar-refractivity contribution in [3.8, 4) is 28.8 Å². The van der Waals surface area contributed by atoms with Gasteiger partial charge < -0.3 is 19.4 Å². The van der Waals surface area contributed by atoms with E-state index in [4.69, 9.17) is 31.0 Å². The highest BCUT2D eigenvalue weighted by Crippen LogP contribution is 2.28. The smallest absolute Gasteiger partial charge is 0.293 e. The summed E-state index contributed by atoms with van der Waals surface area (Å²) in [6, 6.07) is 16.3. The van der Waals surface area contributed by atoms with Gasteiger partial charge >= 0.3 is 0 Å². The van der Waals surface area contributed by atoms with Crippen LogP contribution in [0, 0.1) is 6.92 Å². The zero-order valence-corrected chi connectivity index (χ0v) is 15.2. The number of halogens is 1. The average molecular weight is 382 g/mol. The van der Waals surface area contributed by atoms with Crippen molar-refractivity contribution < 1.29 is 13.7 Å². The minimum absolute atomic E-state index is 0.275. The third-order valence-electron chi connectivity index (χ3n) is 4.11. The number of rotatable bonds is 5. The van der Waals surface area contributed by atoms with Gasteiger partial charge in [0.05, 0.1) is 0 Å². The van der Waals surface area contributed by atoms with Crippen molar-refractivity contribution in [2.75, 3.05) is 5.73 Å². The second kappa shape index (κ2) is 7.17. The van der Waals surface area contributed by atoms with Crippen LogP contribution in [-0.2, 0) is 6.61 Å². The molecule has 7 heteroatoms. The number of furan rings is 1. The minimum atomic E-state index is 0.275. The Kier molecular flexibility index (Phi) is 4.56. The molecule has 0 aliphatic carbocycles. The zero-order chi connectivity index (χ0) is 18.8. The van der Waals surface area contributed by atoms with Crippen LogP contribution in [-0.4, -0.2) is 10.1 Å². The van der Waals surface area contributed by atoms with Gasteiger partial charge in [-0.1, -0.05) is 28.9 Å². The maximum Gasteiger partial charge on any atom is 0.293 e. The van der Waals surface area contributed by atoms with Crippen LogP contribution < -0.4 is 10.5 Å². The van der Waals surface area contributed by atoms with Crippen LogP contribution in [0.5, 0.6) is 5.75 Å². The van der Waals surface area contributed by atoms with Crippen molar-refractivity contribution in [1.82, 2.24) is 10.1 Å². The van der Waals surface area contributed by atoms with E-state index in [0.717, 1.165) is 11.1 Å². The van der Waals surface area contributed by atoms with E-state index in [0.29, 0.717) is 39.7 Å². The normalized spacial score (nSPS) is 10.9. The van der Waals surface area contributed by atoms with E-state index >= 15 is 0 Å². The lowest BCUT2D eigenvalue weighted by molar-refractivity contribution is 0.270. The van der Waals surface area contributed by atoms with E-state index < -0.39 is 0 Å². The van der Waals surface area contributed by atoms with Crippen molar-refractivity contribution in [3.05, 3.63) is 70.9 Å². The van der Waals surface area contributed by atoms with Crippen LogP contribution in [0.1, 0.15) is 11.3 Å². The predicted octanol–water partition coefficient (Wildman–Crippen LogP) is 5.12. The van der Waals surface area contributed by atoms with Crippen molar-refractivity contribution in [1.29, 1.82) is 0 Å². The number of aromatic nitrogens is 2. The summed E-state index contributed by atoms with van der Waals surface area (Å²) in [6.45, 7) is 2.19. The van der Waals surface area contributed by atoms with Gasteiger partial charge in [-0.2, -0.15) is 4.98 Å². The summed E-state index contributed by atoms with van der Waals surface area (Å²) in [5, 5.41) is 4.69. The van der Waals surface area contributed by atoms with Gasteiger partial charge in [0.25, 0.3) is 5.89 Å². The molecule has 0 saturated heterocycles. The summed E-state index contributed by atoms with van der Waals surface area (Å²) in [6.07, 6.45) is 0. The second-order valence-corrected chi connectivity index (χ2v) is 6.39. The lowest BCUT2D eigenvalue weighted by atomic mass is 10.1. The Morgan fingerprint density at radius 3 is 2.70 bits per heavy atom. The van der Waals surface area contributed by atoms with Gasteiger partial charge in [-0.3, -0.25) is 0 Å². The Labute approximate surface area is 160 Å². The molecule has 0 atom stereocenters. The number of ether oxygens (including phenoxy) is 1. The van der Waals surface area contributed by atoms with Gasteiger partial charge in [0.2, 0.25) is 5.82 Å². The van der Waals surface area contributed by atoms with E-state index in [1.54, 1.807) is 36.4 Å². The number of anilines is 1. The molecule has 0 amide bonds. The van der Waals surface area contributed by atoms with E-state index in [9.17, 15) is 0 Å². The first-order valence-electron chi connectivity index (χ1n) is 8.27. The van der Waals surface area contributed by atoms with Crippen LogP contribution >= 0.6 is 11.6 Å². The second-order valence-electron chi connectivity index (χ2n) is 5.95. The van der Waals surface area contributed by atoms with Crippen LogP contribution in [0.25, 0.3) is 23.0 Å². The Hall–Kier alpha value is -3.25. The molecule has 2 aromatic heterocycles. The van der Waals surface area contributed by atoms with Gasteiger partial charge in [0.1, 0.15) is 18.1 Å². The molecule has 4 rings (SSSR count). The molecule has 6 nitrogen and oxygen atoms in total. The molecule has 0 unspecified atom stereocenters. The van der Waals surface area contributed by atoms with E-state index in [2.05, 4.69) is 10.1 Å². The molecule has 0 fully saturated rings. The first kappa shape index (κ1) is 17.2. The highest BCUT2D eigenvalue weighted by atomic mass is 35.5. The fourth-order valence-electron chi connectivity index (χ4n) is 2.58. The van der Waals surface area contributed by atoms with Gasteiger partial charge in [-0.25, -0.2) is 0 Å². The van der Waals surface area contributed by atoms with Crippen molar-refractivity contribution in [2.24, 2.45) is 0 Å². The summed E-state index contributed by atoms with van der Waals surface area (Å²) >= 11 is 5.86. The molecule has 2 aromatic carbocycles. The van der Waals surface area contributed by atoms with Crippen molar-refractivity contribution >= 4 is 17.3 Å². The standard InChI is InChI=1S/C20H16ClN3O3/c1-12-16(3-2-4-17(12)22)19-23-20(27-24-19)18-10-9-15(26-18)11-25-14-7-5-13(21)6-8-14/h2-10H,11,22H2,1H3. The number of benzene rings is 2. The molecule has 0 saturated carbocycles. The highest BCUT2D eigenvalue weighted by Gasteiger charge is 2.16. The summed E-state index contributed by atoms with van der Waals surface area (Å²) in [5.41, 5.74) is 8.35. The molecule has 136 valence electrons. The Morgan fingerprint density at radius 2 is 1.89 bits per heavy atom. The average Bonchev–Trinajstić information content (AvgIpc) is 3.33. The number of hydrogen-bond donors (Lipinski definition) is 1. The van der Waals surface area contributed by atoms with E-state index in [1.165, 1.54) is 0 Å². The topological polar surface area (TPSA) is 87.3 Å². The highest BCUT2D eigenvalue weighted by molar-refractivity contribution is 6.30. The van der Waals surface area contributed by atoms with Crippen molar-refractivity contribution in [3.63, 3.8) is 0 Å². The summed E-state index contributed by atoms with van der Waals surface area (Å²) in [7, 11) is 0. The number of hydrogen-bond acceptors (Lipinski definition) is 6. The van der Waals surface area contributed by atoms with E-state index in [-0.39, 0.29) is 6.61 Å². The van der Waals surface area contributed by atoms with Gasteiger partial charge in [0, 0.05) is 16.3 Å². The molecule has 4 aromatic rings. The Morgan fingerprint density at radius 1 is 1.07 bits per heavy atom. The van der Waals surface area contributed by atoms with Crippen LogP contribution in [0.15, 0.2) is 63.5 Å². The number of nitrogens with two attached hydrogens (primary N) is 1. The molecular weight excluding hydrogens is 366 g/mol. The van der Waals surface area contributed by atoms with Crippen molar-refractivity contribution in [2.45, 2.75) is 13.5 Å². The molecule has 27 heavy (non-hydrogen) atoms. The van der Waals surface area contributed by atoms with E-state index in [1.807, 2.05) is 25.1 Å². The number of nitrogens with zero attached hydrogens (tertiary/aromatic N) is 2. The lowest BCUT2D eigenvalue weighted by Crippen LogP contribution is -1.93. The Bertz CT molecular complexity index is 1070. The monoisotopic (exact) mass is 381 g/mol. The van der Waals surface area contributed by atoms with Gasteiger partial charge in [-0.05, 0) is 55.0 Å². The van der Waals surface area contributed by atoms with Crippen LogP contribution in [0.3, 0.4) is 0 Å². The molecule has 0 radical (unpaired) electrons. The first-order valence-corrected chi connectivity index (χ1v) is 8.64. The predicted molar refractivity (Wildman–Crippen MR) is 102 cm³/mol. The molecular formula is C20H16ClN3O3. The van der Waals surface area contributed by atoms with Gasteiger partial charge in [-0.15, -0.1) is 0 Å². The molecule has 0 aliphatic rings. The molecule has 0 spiro atoms. The third kappa shape index (κ3) is 3.66. The molecule has 2 N–H and O–H groups in total. The number of nitrogen functional groups attached to an aromatic ring is 1. The third-order valence-corrected chi connectivity index (χ3v) is 4.36. The van der Waals surface area contributed by atoms with Gasteiger partial charge in [0.15, 0.2) is 5.76 Å². The maximum atomic E-state index is 5.94.